The fourth-order valence-corrected chi connectivity index (χ4v) is 1.99. The third-order valence-corrected chi connectivity index (χ3v) is 3.19. The molecule has 2 nitrogen and oxygen atoms in total. The van der Waals surface area contributed by atoms with Crippen molar-refractivity contribution in [2.24, 2.45) is 5.73 Å². The van der Waals surface area contributed by atoms with E-state index in [1.807, 2.05) is 32.0 Å². The van der Waals surface area contributed by atoms with E-state index in [4.69, 9.17) is 21.8 Å². The minimum atomic E-state index is -0.158. The molecular formula is C13H14ClNO. The van der Waals surface area contributed by atoms with Crippen molar-refractivity contribution in [1.29, 1.82) is 0 Å². The Labute approximate surface area is 100 Å². The predicted octanol–water partition coefficient (Wildman–Crippen LogP) is 3.60. The molecule has 0 saturated heterocycles. The molecule has 0 saturated carbocycles. The van der Waals surface area contributed by atoms with E-state index >= 15 is 0 Å². The van der Waals surface area contributed by atoms with Crippen LogP contribution in [0.15, 0.2) is 35.1 Å². The Balaban J connectivity index is 2.44. The second-order valence-electron chi connectivity index (χ2n) is 3.99. The summed E-state index contributed by atoms with van der Waals surface area (Å²) in [7, 11) is 0. The molecule has 0 aliphatic heterocycles. The van der Waals surface area contributed by atoms with Gasteiger partial charge >= 0.3 is 0 Å². The highest BCUT2D eigenvalue weighted by molar-refractivity contribution is 6.31. The van der Waals surface area contributed by atoms with Gasteiger partial charge < -0.3 is 10.2 Å². The van der Waals surface area contributed by atoms with Gasteiger partial charge in [0.1, 0.15) is 0 Å². The molecule has 2 N–H and O–H groups in total. The fourth-order valence-electron chi connectivity index (χ4n) is 1.77. The lowest BCUT2D eigenvalue weighted by Gasteiger charge is -2.14. The summed E-state index contributed by atoms with van der Waals surface area (Å²) < 4.78 is 5.04. The van der Waals surface area contributed by atoms with Crippen LogP contribution in [0.1, 0.15) is 28.3 Å². The number of hydrogen-bond acceptors (Lipinski definition) is 2. The van der Waals surface area contributed by atoms with Crippen LogP contribution >= 0.6 is 11.6 Å². The molecule has 1 heterocycles. The molecule has 2 aromatic rings. The van der Waals surface area contributed by atoms with Gasteiger partial charge in [-0.05, 0) is 42.7 Å². The molecule has 1 aromatic heterocycles. The Morgan fingerprint density at radius 2 is 2.00 bits per heavy atom. The van der Waals surface area contributed by atoms with Crippen molar-refractivity contribution in [3.8, 4) is 0 Å². The summed E-state index contributed by atoms with van der Waals surface area (Å²) in [6.45, 7) is 3.99. The number of rotatable bonds is 2. The maximum atomic E-state index is 6.18. The van der Waals surface area contributed by atoms with E-state index in [1.54, 1.807) is 12.5 Å². The van der Waals surface area contributed by atoms with Gasteiger partial charge in [-0.15, -0.1) is 0 Å². The van der Waals surface area contributed by atoms with Gasteiger partial charge in [0.05, 0.1) is 18.6 Å². The molecule has 0 amide bonds. The summed E-state index contributed by atoms with van der Waals surface area (Å²) in [5.74, 6) is 0. The van der Waals surface area contributed by atoms with Crippen LogP contribution in [-0.4, -0.2) is 0 Å². The highest BCUT2D eigenvalue weighted by atomic mass is 35.5. The van der Waals surface area contributed by atoms with Crippen molar-refractivity contribution in [3.63, 3.8) is 0 Å². The zero-order valence-electron chi connectivity index (χ0n) is 9.33. The van der Waals surface area contributed by atoms with Gasteiger partial charge in [0.2, 0.25) is 0 Å². The van der Waals surface area contributed by atoms with Crippen molar-refractivity contribution in [2.45, 2.75) is 19.9 Å². The Bertz CT molecular complexity index is 491. The van der Waals surface area contributed by atoms with E-state index in [1.165, 1.54) is 0 Å². The van der Waals surface area contributed by atoms with Crippen molar-refractivity contribution in [1.82, 2.24) is 0 Å². The van der Waals surface area contributed by atoms with Crippen LogP contribution < -0.4 is 5.73 Å². The van der Waals surface area contributed by atoms with Crippen LogP contribution in [0.5, 0.6) is 0 Å². The lowest BCUT2D eigenvalue weighted by atomic mass is 9.96. The van der Waals surface area contributed by atoms with Gasteiger partial charge in [0.25, 0.3) is 0 Å². The van der Waals surface area contributed by atoms with Gasteiger partial charge in [-0.3, -0.25) is 0 Å². The number of hydrogen-bond donors (Lipinski definition) is 1. The van der Waals surface area contributed by atoms with E-state index in [0.717, 1.165) is 27.3 Å². The Morgan fingerprint density at radius 1 is 1.25 bits per heavy atom. The first kappa shape index (κ1) is 11.2. The number of benzene rings is 1. The third-order valence-electron chi connectivity index (χ3n) is 2.78. The van der Waals surface area contributed by atoms with E-state index in [-0.39, 0.29) is 6.04 Å². The predicted molar refractivity (Wildman–Crippen MR) is 65.7 cm³/mol. The van der Waals surface area contributed by atoms with Crippen molar-refractivity contribution >= 4 is 11.6 Å². The van der Waals surface area contributed by atoms with Gasteiger partial charge in [0, 0.05) is 10.6 Å². The van der Waals surface area contributed by atoms with Crippen LogP contribution in [-0.2, 0) is 0 Å². The molecule has 0 fully saturated rings. The normalized spacial score (nSPS) is 12.8. The van der Waals surface area contributed by atoms with E-state index < -0.39 is 0 Å². The highest BCUT2D eigenvalue weighted by Crippen LogP contribution is 2.27. The molecule has 0 bridgehead atoms. The van der Waals surface area contributed by atoms with E-state index in [2.05, 4.69) is 0 Å². The van der Waals surface area contributed by atoms with Gasteiger partial charge in [-0.2, -0.15) is 0 Å². The SMILES string of the molecule is Cc1cc(C(N)c2ccoc2)c(C)cc1Cl. The summed E-state index contributed by atoms with van der Waals surface area (Å²) >= 11 is 6.06. The largest absolute Gasteiger partial charge is 0.472 e. The molecular weight excluding hydrogens is 222 g/mol. The van der Waals surface area contributed by atoms with Crippen molar-refractivity contribution in [3.05, 3.63) is 58.0 Å². The Morgan fingerprint density at radius 3 is 2.62 bits per heavy atom. The summed E-state index contributed by atoms with van der Waals surface area (Å²) in [5, 5.41) is 0.778. The first-order valence-corrected chi connectivity index (χ1v) is 5.51. The molecule has 1 atom stereocenters. The number of furan rings is 1. The average molecular weight is 236 g/mol. The summed E-state index contributed by atoms with van der Waals surface area (Å²) in [6.07, 6.45) is 3.31. The Hall–Kier alpha value is -1.25. The third kappa shape index (κ3) is 1.99. The fraction of sp³-hybridized carbons (Fsp3) is 0.231. The highest BCUT2D eigenvalue weighted by Gasteiger charge is 2.13. The molecule has 3 heteroatoms. The molecule has 0 aliphatic rings. The number of nitrogens with two attached hydrogens (primary N) is 1. The zero-order valence-corrected chi connectivity index (χ0v) is 10.1. The van der Waals surface area contributed by atoms with E-state index in [9.17, 15) is 0 Å². The monoisotopic (exact) mass is 235 g/mol. The zero-order chi connectivity index (χ0) is 11.7. The lowest BCUT2D eigenvalue weighted by Crippen LogP contribution is -2.12. The van der Waals surface area contributed by atoms with Gasteiger partial charge in [-0.1, -0.05) is 17.7 Å². The number of aryl methyl sites for hydroxylation is 2. The molecule has 2 rings (SSSR count). The molecule has 1 unspecified atom stereocenters. The lowest BCUT2D eigenvalue weighted by molar-refractivity contribution is 0.562. The van der Waals surface area contributed by atoms with Crippen LogP contribution in [0, 0.1) is 13.8 Å². The van der Waals surface area contributed by atoms with Gasteiger partial charge in [0.15, 0.2) is 0 Å². The van der Waals surface area contributed by atoms with Crippen LogP contribution in [0.3, 0.4) is 0 Å². The maximum Gasteiger partial charge on any atom is 0.0953 e. The number of halogens is 1. The quantitative estimate of drug-likeness (QED) is 0.864. The second-order valence-corrected chi connectivity index (χ2v) is 4.40. The summed E-state index contributed by atoms with van der Waals surface area (Å²) in [4.78, 5) is 0. The van der Waals surface area contributed by atoms with E-state index in [0.29, 0.717) is 0 Å². The summed E-state index contributed by atoms with van der Waals surface area (Å²) in [6, 6.07) is 5.71. The minimum absolute atomic E-state index is 0.158. The topological polar surface area (TPSA) is 39.2 Å². The molecule has 0 aliphatic carbocycles. The van der Waals surface area contributed by atoms with Crippen LogP contribution in [0.4, 0.5) is 0 Å². The van der Waals surface area contributed by atoms with Crippen molar-refractivity contribution in [2.75, 3.05) is 0 Å². The molecule has 0 spiro atoms. The second kappa shape index (κ2) is 4.32. The van der Waals surface area contributed by atoms with Crippen LogP contribution in [0.2, 0.25) is 5.02 Å². The average Bonchev–Trinajstić information content (AvgIpc) is 2.75. The van der Waals surface area contributed by atoms with Gasteiger partial charge in [-0.25, -0.2) is 0 Å². The van der Waals surface area contributed by atoms with Crippen molar-refractivity contribution < 1.29 is 4.42 Å². The maximum absolute atomic E-state index is 6.18. The molecule has 1 aromatic carbocycles. The molecule has 16 heavy (non-hydrogen) atoms. The Kier molecular flexibility index (Phi) is 3.03. The first-order valence-electron chi connectivity index (χ1n) is 5.14. The standard InChI is InChI=1S/C13H14ClNO/c1-8-6-12(14)9(2)5-11(8)13(15)10-3-4-16-7-10/h3-7,13H,15H2,1-2H3. The minimum Gasteiger partial charge on any atom is -0.472 e. The molecule has 84 valence electrons. The first-order chi connectivity index (χ1) is 7.59. The smallest absolute Gasteiger partial charge is 0.0953 e. The summed E-state index contributed by atoms with van der Waals surface area (Å²) in [5.41, 5.74) is 10.4. The van der Waals surface area contributed by atoms with Crippen LogP contribution in [0.25, 0.3) is 0 Å². The molecule has 0 radical (unpaired) electrons.